The van der Waals surface area contributed by atoms with Gasteiger partial charge in [0.05, 0.1) is 13.2 Å². The van der Waals surface area contributed by atoms with Crippen LogP contribution in [0, 0.1) is 0 Å². The zero-order valence-electron chi connectivity index (χ0n) is 16.2. The Labute approximate surface area is 173 Å². The van der Waals surface area contributed by atoms with Gasteiger partial charge >= 0.3 is 0 Å². The molecule has 2 aromatic rings. The summed E-state index contributed by atoms with van der Waals surface area (Å²) in [5.41, 5.74) is 1.16. The van der Waals surface area contributed by atoms with E-state index in [1.54, 1.807) is 30.3 Å². The molecule has 1 N–H and O–H groups in total. The van der Waals surface area contributed by atoms with Gasteiger partial charge in [-0.3, -0.25) is 9.59 Å². The molecule has 0 spiro atoms. The lowest BCUT2D eigenvalue weighted by Gasteiger charge is -2.18. The summed E-state index contributed by atoms with van der Waals surface area (Å²) < 4.78 is 11.2. The number of hydrogen-bond acceptors (Lipinski definition) is 6. The molecule has 29 heavy (non-hydrogen) atoms. The van der Waals surface area contributed by atoms with Crippen LogP contribution in [0.1, 0.15) is 23.2 Å². The third-order valence-electron chi connectivity index (χ3n) is 5.01. The van der Waals surface area contributed by atoms with Gasteiger partial charge in [0.25, 0.3) is 5.91 Å². The number of pyridine rings is 1. The fourth-order valence-corrected chi connectivity index (χ4v) is 4.61. The Bertz CT molecular complexity index is 901. The number of carbonyl (C=O) groups is 2. The van der Waals surface area contributed by atoms with Crippen molar-refractivity contribution in [2.24, 2.45) is 0 Å². The van der Waals surface area contributed by atoms with Crippen molar-refractivity contribution in [2.45, 2.75) is 25.0 Å². The maximum atomic E-state index is 12.9. The fourth-order valence-electron chi connectivity index (χ4n) is 3.52. The zero-order chi connectivity index (χ0) is 20.2. The number of nitrogens with zero attached hydrogens (tertiary/aromatic N) is 2. The molecular weight excluding hydrogens is 390 g/mol. The van der Waals surface area contributed by atoms with Gasteiger partial charge in [0.2, 0.25) is 11.8 Å². The predicted molar refractivity (Wildman–Crippen MR) is 112 cm³/mol. The molecule has 2 amide bonds. The first-order chi connectivity index (χ1) is 14.1. The van der Waals surface area contributed by atoms with Gasteiger partial charge < -0.3 is 19.7 Å². The number of aromatic nitrogens is 1. The van der Waals surface area contributed by atoms with Crippen LogP contribution in [0.4, 0.5) is 5.69 Å². The molecule has 8 heteroatoms. The fraction of sp³-hybridized carbons (Fsp3) is 0.381. The Kier molecular flexibility index (Phi) is 5.89. The topological polar surface area (TPSA) is 80.8 Å². The zero-order valence-corrected chi connectivity index (χ0v) is 17.0. The Morgan fingerprint density at radius 1 is 1.31 bits per heavy atom. The average molecular weight is 413 g/mol. The second kappa shape index (κ2) is 8.73. The molecule has 7 nitrogen and oxygen atoms in total. The Morgan fingerprint density at radius 2 is 2.21 bits per heavy atom. The van der Waals surface area contributed by atoms with E-state index in [0.29, 0.717) is 23.7 Å². The summed E-state index contributed by atoms with van der Waals surface area (Å²) in [7, 11) is 1.59. The lowest BCUT2D eigenvalue weighted by Crippen LogP contribution is -2.37. The summed E-state index contributed by atoms with van der Waals surface area (Å²) in [6.07, 6.45) is 2.91. The molecule has 0 bridgehead atoms. The molecule has 0 aliphatic carbocycles. The molecular formula is C21H23N3O4S. The first kappa shape index (κ1) is 19.6. The summed E-state index contributed by atoms with van der Waals surface area (Å²) in [6.45, 7) is 0.410. The van der Waals surface area contributed by atoms with Gasteiger partial charge in [-0.25, -0.2) is 4.98 Å². The number of methoxy groups -OCH3 is 1. The minimum Gasteiger partial charge on any atom is -0.497 e. The highest BCUT2D eigenvalue weighted by Crippen LogP contribution is 2.27. The number of nitrogens with one attached hydrogen (secondary N) is 1. The molecule has 4 rings (SSSR count). The first-order valence-corrected chi connectivity index (χ1v) is 10.7. The number of thioether (sulfide) groups is 1. The van der Waals surface area contributed by atoms with E-state index in [2.05, 4.69) is 10.3 Å². The standard InChI is InChI=1S/C21H23N3O4S/c1-27-16-5-2-4-15(11-16)24-12-14(10-19(24)25)23-20(26)18-6-3-8-22-21(18)28-17-7-9-29-13-17/h2-6,8,11,14,17H,7,9-10,12-13H2,1H3,(H,23,26). The van der Waals surface area contributed by atoms with Gasteiger partial charge in [0.1, 0.15) is 17.4 Å². The number of amides is 2. The molecule has 0 saturated carbocycles. The highest BCUT2D eigenvalue weighted by molar-refractivity contribution is 7.99. The van der Waals surface area contributed by atoms with Gasteiger partial charge in [-0.1, -0.05) is 6.07 Å². The Balaban J connectivity index is 1.43. The molecule has 2 saturated heterocycles. The normalized spacial score (nSPS) is 21.3. The van der Waals surface area contributed by atoms with Crippen molar-refractivity contribution < 1.29 is 19.1 Å². The van der Waals surface area contributed by atoms with Gasteiger partial charge in [0.15, 0.2) is 0 Å². The molecule has 2 unspecified atom stereocenters. The summed E-state index contributed by atoms with van der Waals surface area (Å²) in [5, 5.41) is 2.96. The lowest BCUT2D eigenvalue weighted by atomic mass is 10.2. The Hall–Kier alpha value is -2.74. The monoisotopic (exact) mass is 413 g/mol. The van der Waals surface area contributed by atoms with Crippen LogP contribution in [0.5, 0.6) is 11.6 Å². The smallest absolute Gasteiger partial charge is 0.257 e. The van der Waals surface area contributed by atoms with E-state index in [-0.39, 0.29) is 30.4 Å². The highest BCUT2D eigenvalue weighted by atomic mass is 32.2. The average Bonchev–Trinajstić information content (AvgIpc) is 3.38. The van der Waals surface area contributed by atoms with Crippen LogP contribution < -0.4 is 19.7 Å². The quantitative estimate of drug-likeness (QED) is 0.784. The number of rotatable bonds is 6. The van der Waals surface area contributed by atoms with Crippen LogP contribution in [0.2, 0.25) is 0 Å². The molecule has 1 aromatic carbocycles. The summed E-state index contributed by atoms with van der Waals surface area (Å²) in [5.74, 6) is 2.70. The summed E-state index contributed by atoms with van der Waals surface area (Å²) >= 11 is 1.84. The van der Waals surface area contributed by atoms with Crippen molar-refractivity contribution >= 4 is 29.3 Å². The van der Waals surface area contributed by atoms with Crippen LogP contribution in [0.25, 0.3) is 0 Å². The Morgan fingerprint density at radius 3 is 3.00 bits per heavy atom. The first-order valence-electron chi connectivity index (χ1n) is 9.58. The molecule has 1 aromatic heterocycles. The van der Waals surface area contributed by atoms with Crippen LogP contribution in [-0.2, 0) is 4.79 Å². The summed E-state index contributed by atoms with van der Waals surface area (Å²) in [6, 6.07) is 10.5. The SMILES string of the molecule is COc1cccc(N2CC(NC(=O)c3cccnc3OC3CCSC3)CC2=O)c1. The third-order valence-corrected chi connectivity index (χ3v) is 6.14. The van der Waals surface area contributed by atoms with Crippen molar-refractivity contribution in [1.29, 1.82) is 0 Å². The number of hydrogen-bond donors (Lipinski definition) is 1. The highest BCUT2D eigenvalue weighted by Gasteiger charge is 2.32. The van der Waals surface area contributed by atoms with E-state index in [1.165, 1.54) is 0 Å². The van der Waals surface area contributed by atoms with Gasteiger partial charge in [-0.2, -0.15) is 11.8 Å². The summed E-state index contributed by atoms with van der Waals surface area (Å²) in [4.78, 5) is 31.3. The molecule has 2 fully saturated rings. The van der Waals surface area contributed by atoms with E-state index in [9.17, 15) is 9.59 Å². The third kappa shape index (κ3) is 4.48. The maximum Gasteiger partial charge on any atom is 0.257 e. The number of carbonyl (C=O) groups excluding carboxylic acids is 2. The number of ether oxygens (including phenoxy) is 2. The van der Waals surface area contributed by atoms with Crippen molar-refractivity contribution in [3.63, 3.8) is 0 Å². The minimum atomic E-state index is -0.281. The van der Waals surface area contributed by atoms with Gasteiger partial charge in [-0.05, 0) is 36.4 Å². The lowest BCUT2D eigenvalue weighted by molar-refractivity contribution is -0.117. The second-order valence-corrected chi connectivity index (χ2v) is 8.19. The number of benzene rings is 1. The van der Waals surface area contributed by atoms with E-state index < -0.39 is 0 Å². The molecule has 2 aliphatic heterocycles. The second-order valence-electron chi connectivity index (χ2n) is 7.04. The van der Waals surface area contributed by atoms with E-state index in [1.807, 2.05) is 36.0 Å². The molecule has 3 heterocycles. The van der Waals surface area contributed by atoms with E-state index >= 15 is 0 Å². The van der Waals surface area contributed by atoms with Crippen molar-refractivity contribution in [2.75, 3.05) is 30.1 Å². The molecule has 152 valence electrons. The molecule has 2 atom stereocenters. The van der Waals surface area contributed by atoms with Gasteiger partial charge in [-0.15, -0.1) is 0 Å². The predicted octanol–water partition coefficient (Wildman–Crippen LogP) is 2.51. The van der Waals surface area contributed by atoms with Crippen LogP contribution in [-0.4, -0.2) is 54.1 Å². The molecule has 0 radical (unpaired) electrons. The maximum absolute atomic E-state index is 12.9. The van der Waals surface area contributed by atoms with Crippen molar-refractivity contribution in [3.8, 4) is 11.6 Å². The minimum absolute atomic E-state index is 0.0332. The van der Waals surface area contributed by atoms with Crippen LogP contribution in [0.3, 0.4) is 0 Å². The van der Waals surface area contributed by atoms with Crippen LogP contribution >= 0.6 is 11.8 Å². The van der Waals surface area contributed by atoms with Gasteiger partial charge in [0, 0.05) is 36.7 Å². The van der Waals surface area contributed by atoms with E-state index in [4.69, 9.17) is 9.47 Å². The van der Waals surface area contributed by atoms with E-state index in [0.717, 1.165) is 23.6 Å². The molecule has 2 aliphatic rings. The largest absolute Gasteiger partial charge is 0.497 e. The van der Waals surface area contributed by atoms with Crippen LogP contribution in [0.15, 0.2) is 42.6 Å². The number of anilines is 1. The van der Waals surface area contributed by atoms with Crippen molar-refractivity contribution in [1.82, 2.24) is 10.3 Å². The van der Waals surface area contributed by atoms with Crippen molar-refractivity contribution in [3.05, 3.63) is 48.2 Å².